The van der Waals surface area contributed by atoms with Crippen molar-refractivity contribution in [3.63, 3.8) is 0 Å². The van der Waals surface area contributed by atoms with Crippen LogP contribution >= 0.6 is 0 Å². The lowest BCUT2D eigenvalue weighted by Crippen LogP contribution is -2.34. The Morgan fingerprint density at radius 1 is 1.24 bits per heavy atom. The van der Waals surface area contributed by atoms with Gasteiger partial charge in [0.25, 0.3) is 0 Å². The third kappa shape index (κ3) is 3.67. The highest BCUT2D eigenvalue weighted by molar-refractivity contribution is 6.02. The lowest BCUT2D eigenvalue weighted by molar-refractivity contribution is -0.142. The molecule has 0 aliphatic carbocycles. The molecule has 0 aromatic heterocycles. The summed E-state index contributed by atoms with van der Waals surface area (Å²) in [6.45, 7) is 1.30. The first-order valence-electron chi connectivity index (χ1n) is 5.34. The Hall–Kier alpha value is -1.68. The number of carbonyl (C=O) groups is 2. The first kappa shape index (κ1) is 13.4. The van der Waals surface area contributed by atoms with Crippen molar-refractivity contribution >= 4 is 11.8 Å². The second kappa shape index (κ2) is 5.59. The molecular formula is C13H15O4. The van der Waals surface area contributed by atoms with Gasteiger partial charge in [-0.3, -0.25) is 9.59 Å². The Morgan fingerprint density at radius 2 is 1.82 bits per heavy atom. The molecule has 0 saturated carbocycles. The molecule has 0 aliphatic heterocycles. The fourth-order valence-electron chi connectivity index (χ4n) is 1.45. The van der Waals surface area contributed by atoms with Crippen LogP contribution in [0.5, 0.6) is 0 Å². The molecule has 0 amide bonds. The number of hydrogen-bond acceptors (Lipinski definition) is 3. The Labute approximate surface area is 100 Å². The molecule has 1 aromatic rings. The molecule has 1 unspecified atom stereocenters. The van der Waals surface area contributed by atoms with Gasteiger partial charge in [-0.2, -0.15) is 0 Å². The summed E-state index contributed by atoms with van der Waals surface area (Å²) in [7, 11) is 1.25. The SMILES string of the molecule is COC(=O)CCC(C)([O])C(=O)c1ccccc1. The number of hydrogen-bond donors (Lipinski definition) is 0. The van der Waals surface area contributed by atoms with E-state index >= 15 is 0 Å². The van der Waals surface area contributed by atoms with Gasteiger partial charge in [0, 0.05) is 12.0 Å². The highest BCUT2D eigenvalue weighted by Gasteiger charge is 2.33. The molecule has 0 spiro atoms. The van der Waals surface area contributed by atoms with Gasteiger partial charge in [-0.25, -0.2) is 5.11 Å². The zero-order chi connectivity index (χ0) is 12.9. The lowest BCUT2D eigenvalue weighted by Gasteiger charge is -2.18. The third-order valence-corrected chi connectivity index (χ3v) is 2.55. The third-order valence-electron chi connectivity index (χ3n) is 2.55. The maximum Gasteiger partial charge on any atom is 0.305 e. The first-order valence-corrected chi connectivity index (χ1v) is 5.34. The van der Waals surface area contributed by atoms with E-state index in [1.807, 2.05) is 0 Å². The van der Waals surface area contributed by atoms with Crippen molar-refractivity contribution in [1.29, 1.82) is 0 Å². The molecular weight excluding hydrogens is 220 g/mol. The number of carbonyl (C=O) groups excluding carboxylic acids is 2. The summed E-state index contributed by atoms with van der Waals surface area (Å²) in [5, 5.41) is 12.1. The number of Topliss-reactive ketones (excluding diaryl/α,β-unsaturated/α-hetero) is 1. The van der Waals surface area contributed by atoms with Crippen molar-refractivity contribution in [2.24, 2.45) is 0 Å². The van der Waals surface area contributed by atoms with Gasteiger partial charge in [0.15, 0.2) is 11.4 Å². The summed E-state index contributed by atoms with van der Waals surface area (Å²) >= 11 is 0. The molecule has 0 bridgehead atoms. The molecule has 91 valence electrons. The van der Waals surface area contributed by atoms with E-state index < -0.39 is 17.4 Å². The highest BCUT2D eigenvalue weighted by Crippen LogP contribution is 2.19. The van der Waals surface area contributed by atoms with E-state index in [0.717, 1.165) is 0 Å². The summed E-state index contributed by atoms with van der Waals surface area (Å²) in [6.07, 6.45) is -0.109. The molecule has 0 N–H and O–H groups in total. The highest BCUT2D eigenvalue weighted by atomic mass is 16.5. The summed E-state index contributed by atoms with van der Waals surface area (Å²) in [5.74, 6) is -0.977. The van der Waals surface area contributed by atoms with E-state index in [4.69, 9.17) is 0 Å². The van der Waals surface area contributed by atoms with E-state index in [-0.39, 0.29) is 12.8 Å². The average Bonchev–Trinajstić information content (AvgIpc) is 2.36. The Morgan fingerprint density at radius 3 is 2.35 bits per heavy atom. The maximum absolute atomic E-state index is 12.1. The normalized spacial score (nSPS) is 13.8. The molecule has 0 fully saturated rings. The quantitative estimate of drug-likeness (QED) is 0.579. The number of methoxy groups -OCH3 is 1. The smallest absolute Gasteiger partial charge is 0.305 e. The molecule has 0 saturated heterocycles. The fraction of sp³-hybridized carbons (Fsp3) is 0.385. The molecule has 4 nitrogen and oxygen atoms in total. The first-order chi connectivity index (χ1) is 7.97. The van der Waals surface area contributed by atoms with E-state index in [0.29, 0.717) is 5.56 Å². The number of esters is 1. The van der Waals surface area contributed by atoms with Crippen LogP contribution in [0.1, 0.15) is 30.1 Å². The number of rotatable bonds is 5. The minimum atomic E-state index is -1.80. The van der Waals surface area contributed by atoms with E-state index in [1.165, 1.54) is 14.0 Å². The van der Waals surface area contributed by atoms with Crippen molar-refractivity contribution in [3.8, 4) is 0 Å². The molecule has 1 radical (unpaired) electrons. The zero-order valence-corrected chi connectivity index (χ0v) is 9.93. The van der Waals surface area contributed by atoms with Crippen LogP contribution in [-0.4, -0.2) is 24.5 Å². The van der Waals surface area contributed by atoms with Crippen LogP contribution in [0.15, 0.2) is 30.3 Å². The van der Waals surface area contributed by atoms with Crippen molar-refractivity contribution in [2.75, 3.05) is 7.11 Å². The standard InChI is InChI=1S/C13H15O4/c1-13(16,9-8-11(14)17-2)12(15)10-6-4-3-5-7-10/h3-7H,8-9H2,1-2H3. The number of ether oxygens (including phenoxy) is 1. The van der Waals surface area contributed by atoms with Crippen molar-refractivity contribution in [3.05, 3.63) is 35.9 Å². The Bertz CT molecular complexity index is 395. The van der Waals surface area contributed by atoms with Crippen LogP contribution in [0.3, 0.4) is 0 Å². The van der Waals surface area contributed by atoms with Crippen molar-refractivity contribution in [1.82, 2.24) is 0 Å². The van der Waals surface area contributed by atoms with Gasteiger partial charge in [-0.1, -0.05) is 30.3 Å². The van der Waals surface area contributed by atoms with Crippen LogP contribution in [0.25, 0.3) is 0 Å². The van der Waals surface area contributed by atoms with Crippen LogP contribution in [-0.2, 0) is 14.6 Å². The second-order valence-electron chi connectivity index (χ2n) is 4.00. The van der Waals surface area contributed by atoms with Crippen molar-refractivity contribution < 1.29 is 19.4 Å². The van der Waals surface area contributed by atoms with Gasteiger partial charge in [0.1, 0.15) is 0 Å². The van der Waals surface area contributed by atoms with Gasteiger partial charge < -0.3 is 4.74 Å². The van der Waals surface area contributed by atoms with Crippen LogP contribution in [0, 0.1) is 0 Å². The maximum atomic E-state index is 12.1. The summed E-state index contributed by atoms with van der Waals surface area (Å²) in [6, 6.07) is 8.36. The van der Waals surface area contributed by atoms with Gasteiger partial charge >= 0.3 is 5.97 Å². The predicted molar refractivity (Wildman–Crippen MR) is 61.1 cm³/mol. The summed E-state index contributed by atoms with van der Waals surface area (Å²) in [4.78, 5) is 22.8. The van der Waals surface area contributed by atoms with E-state index in [1.54, 1.807) is 30.3 Å². The monoisotopic (exact) mass is 235 g/mol. The fourth-order valence-corrected chi connectivity index (χ4v) is 1.45. The molecule has 1 atom stereocenters. The zero-order valence-electron chi connectivity index (χ0n) is 9.93. The van der Waals surface area contributed by atoms with Crippen LogP contribution < -0.4 is 0 Å². The van der Waals surface area contributed by atoms with E-state index in [9.17, 15) is 14.7 Å². The average molecular weight is 235 g/mol. The Balaban J connectivity index is 2.70. The predicted octanol–water partition coefficient (Wildman–Crippen LogP) is 2.01. The summed E-state index contributed by atoms with van der Waals surface area (Å²) < 4.78 is 4.44. The van der Waals surface area contributed by atoms with Gasteiger partial charge in [0.2, 0.25) is 0 Å². The molecule has 17 heavy (non-hydrogen) atoms. The van der Waals surface area contributed by atoms with Gasteiger partial charge in [0.05, 0.1) is 7.11 Å². The van der Waals surface area contributed by atoms with Crippen LogP contribution in [0.4, 0.5) is 0 Å². The molecule has 1 rings (SSSR count). The minimum absolute atomic E-state index is 0.0466. The van der Waals surface area contributed by atoms with Crippen molar-refractivity contribution in [2.45, 2.75) is 25.4 Å². The van der Waals surface area contributed by atoms with Gasteiger partial charge in [-0.15, -0.1) is 0 Å². The van der Waals surface area contributed by atoms with Gasteiger partial charge in [-0.05, 0) is 13.3 Å². The largest absolute Gasteiger partial charge is 0.469 e. The second-order valence-corrected chi connectivity index (χ2v) is 4.00. The minimum Gasteiger partial charge on any atom is -0.469 e. The van der Waals surface area contributed by atoms with E-state index in [2.05, 4.69) is 4.74 Å². The number of ketones is 1. The lowest BCUT2D eigenvalue weighted by atomic mass is 9.90. The molecule has 0 heterocycles. The summed E-state index contributed by atoms with van der Waals surface area (Å²) in [5.41, 5.74) is -1.43. The molecule has 4 heteroatoms. The topological polar surface area (TPSA) is 63.3 Å². The molecule has 0 aliphatic rings. The Kier molecular flexibility index (Phi) is 4.40. The number of benzene rings is 1. The van der Waals surface area contributed by atoms with Crippen LogP contribution in [0.2, 0.25) is 0 Å². The molecule has 1 aromatic carbocycles.